The SMILES string of the molecule is COc1ccccc1-c1nc(CC#N)c(C)[nH]1. The van der Waals surface area contributed by atoms with Gasteiger partial charge in [0.2, 0.25) is 0 Å². The molecule has 0 amide bonds. The Morgan fingerprint density at radius 3 is 2.88 bits per heavy atom. The molecule has 0 radical (unpaired) electrons. The van der Waals surface area contributed by atoms with Crippen LogP contribution in [0.4, 0.5) is 0 Å². The van der Waals surface area contributed by atoms with E-state index in [-0.39, 0.29) is 0 Å². The van der Waals surface area contributed by atoms with Gasteiger partial charge in [0.25, 0.3) is 0 Å². The van der Waals surface area contributed by atoms with Crippen molar-refractivity contribution in [3.63, 3.8) is 0 Å². The third-order valence-corrected chi connectivity index (χ3v) is 2.59. The van der Waals surface area contributed by atoms with Crippen molar-refractivity contribution in [3.8, 4) is 23.2 Å². The lowest BCUT2D eigenvalue weighted by molar-refractivity contribution is 0.416. The molecule has 86 valence electrons. The summed E-state index contributed by atoms with van der Waals surface area (Å²) in [7, 11) is 1.63. The van der Waals surface area contributed by atoms with Crippen molar-refractivity contribution in [1.82, 2.24) is 9.97 Å². The van der Waals surface area contributed by atoms with Crippen molar-refractivity contribution in [1.29, 1.82) is 5.26 Å². The number of aromatic nitrogens is 2. The van der Waals surface area contributed by atoms with Crippen LogP contribution >= 0.6 is 0 Å². The number of benzene rings is 1. The third-order valence-electron chi connectivity index (χ3n) is 2.59. The van der Waals surface area contributed by atoms with E-state index in [1.165, 1.54) is 0 Å². The van der Waals surface area contributed by atoms with E-state index in [9.17, 15) is 0 Å². The number of aryl methyl sites for hydroxylation is 1. The number of para-hydroxylation sites is 1. The monoisotopic (exact) mass is 227 g/mol. The zero-order chi connectivity index (χ0) is 12.3. The Morgan fingerprint density at radius 1 is 1.41 bits per heavy atom. The van der Waals surface area contributed by atoms with Crippen LogP contribution in [-0.4, -0.2) is 17.1 Å². The molecule has 0 fully saturated rings. The summed E-state index contributed by atoms with van der Waals surface area (Å²) < 4.78 is 5.28. The molecule has 1 aromatic carbocycles. The maximum Gasteiger partial charge on any atom is 0.141 e. The van der Waals surface area contributed by atoms with Crippen LogP contribution in [0.1, 0.15) is 11.4 Å². The summed E-state index contributed by atoms with van der Waals surface area (Å²) in [5, 5.41) is 8.70. The highest BCUT2D eigenvalue weighted by molar-refractivity contribution is 5.64. The predicted molar refractivity (Wildman–Crippen MR) is 64.6 cm³/mol. The molecule has 0 saturated heterocycles. The Kier molecular flexibility index (Phi) is 3.10. The summed E-state index contributed by atoms with van der Waals surface area (Å²) >= 11 is 0. The zero-order valence-corrected chi connectivity index (χ0v) is 9.82. The minimum atomic E-state index is 0.317. The molecule has 1 N–H and O–H groups in total. The van der Waals surface area contributed by atoms with E-state index in [1.807, 2.05) is 31.2 Å². The van der Waals surface area contributed by atoms with Crippen molar-refractivity contribution >= 4 is 0 Å². The molecule has 4 heteroatoms. The number of nitrogens with zero attached hydrogens (tertiary/aromatic N) is 2. The van der Waals surface area contributed by atoms with Crippen LogP contribution in [0.25, 0.3) is 11.4 Å². The maximum absolute atomic E-state index is 8.70. The number of aromatic amines is 1. The highest BCUT2D eigenvalue weighted by Crippen LogP contribution is 2.27. The highest BCUT2D eigenvalue weighted by Gasteiger charge is 2.11. The second-order valence-corrected chi connectivity index (χ2v) is 3.69. The van der Waals surface area contributed by atoms with E-state index in [4.69, 9.17) is 10.00 Å². The van der Waals surface area contributed by atoms with E-state index >= 15 is 0 Å². The number of ether oxygens (including phenoxy) is 1. The van der Waals surface area contributed by atoms with Crippen molar-refractivity contribution in [2.24, 2.45) is 0 Å². The largest absolute Gasteiger partial charge is 0.496 e. The molecule has 4 nitrogen and oxygen atoms in total. The topological polar surface area (TPSA) is 61.7 Å². The van der Waals surface area contributed by atoms with Gasteiger partial charge in [-0.15, -0.1) is 0 Å². The number of H-pyrrole nitrogens is 1. The lowest BCUT2D eigenvalue weighted by Crippen LogP contribution is -1.89. The van der Waals surface area contributed by atoms with E-state index in [0.29, 0.717) is 6.42 Å². The average molecular weight is 227 g/mol. The minimum absolute atomic E-state index is 0.317. The van der Waals surface area contributed by atoms with Gasteiger partial charge in [0.15, 0.2) is 0 Å². The molecule has 0 spiro atoms. The molecular weight excluding hydrogens is 214 g/mol. The number of hydrogen-bond acceptors (Lipinski definition) is 3. The first-order valence-corrected chi connectivity index (χ1v) is 5.32. The maximum atomic E-state index is 8.70. The van der Waals surface area contributed by atoms with Crippen LogP contribution in [0, 0.1) is 18.3 Å². The van der Waals surface area contributed by atoms with Crippen molar-refractivity contribution in [3.05, 3.63) is 35.7 Å². The first kappa shape index (κ1) is 11.2. The Morgan fingerprint density at radius 2 is 2.18 bits per heavy atom. The predicted octanol–water partition coefficient (Wildman–Crippen LogP) is 2.46. The number of methoxy groups -OCH3 is 1. The van der Waals surface area contributed by atoms with E-state index in [2.05, 4.69) is 16.0 Å². The summed E-state index contributed by atoms with van der Waals surface area (Å²) in [5.74, 6) is 1.51. The van der Waals surface area contributed by atoms with Crippen LogP contribution in [0.3, 0.4) is 0 Å². The van der Waals surface area contributed by atoms with Crippen LogP contribution in [0.5, 0.6) is 5.75 Å². The Balaban J connectivity index is 2.47. The average Bonchev–Trinajstić information content (AvgIpc) is 2.71. The van der Waals surface area contributed by atoms with Gasteiger partial charge in [-0.3, -0.25) is 0 Å². The normalized spacial score (nSPS) is 9.94. The van der Waals surface area contributed by atoms with Crippen LogP contribution in [0.15, 0.2) is 24.3 Å². The molecule has 17 heavy (non-hydrogen) atoms. The van der Waals surface area contributed by atoms with Crippen LogP contribution < -0.4 is 4.74 Å². The molecule has 0 aliphatic rings. The lowest BCUT2D eigenvalue weighted by Gasteiger charge is -2.04. The molecular formula is C13H13N3O. The first-order valence-electron chi connectivity index (χ1n) is 5.32. The van der Waals surface area contributed by atoms with Gasteiger partial charge in [-0.25, -0.2) is 4.98 Å². The van der Waals surface area contributed by atoms with Gasteiger partial charge in [-0.2, -0.15) is 5.26 Å². The molecule has 1 heterocycles. The van der Waals surface area contributed by atoms with Gasteiger partial charge in [-0.1, -0.05) is 12.1 Å². The Labute approximate surface area is 99.9 Å². The fraction of sp³-hybridized carbons (Fsp3) is 0.231. The second-order valence-electron chi connectivity index (χ2n) is 3.69. The molecule has 0 atom stereocenters. The highest BCUT2D eigenvalue weighted by atomic mass is 16.5. The molecule has 2 aromatic rings. The Bertz CT molecular complexity index is 566. The smallest absolute Gasteiger partial charge is 0.141 e. The molecule has 0 aliphatic heterocycles. The van der Waals surface area contributed by atoms with E-state index < -0.39 is 0 Å². The summed E-state index contributed by atoms with van der Waals surface area (Å²) in [4.78, 5) is 7.60. The van der Waals surface area contributed by atoms with Crippen molar-refractivity contribution in [2.45, 2.75) is 13.3 Å². The molecule has 0 aliphatic carbocycles. The van der Waals surface area contributed by atoms with Gasteiger partial charge >= 0.3 is 0 Å². The summed E-state index contributed by atoms with van der Waals surface area (Å²) in [6, 6.07) is 9.77. The molecule has 0 unspecified atom stereocenters. The van der Waals surface area contributed by atoms with Gasteiger partial charge in [-0.05, 0) is 19.1 Å². The molecule has 0 saturated carbocycles. The molecule has 1 aromatic heterocycles. The van der Waals surface area contributed by atoms with E-state index in [1.54, 1.807) is 7.11 Å². The van der Waals surface area contributed by atoms with Crippen molar-refractivity contribution < 1.29 is 4.74 Å². The number of imidazole rings is 1. The fourth-order valence-corrected chi connectivity index (χ4v) is 1.71. The van der Waals surface area contributed by atoms with Crippen LogP contribution in [0.2, 0.25) is 0 Å². The molecule has 0 bridgehead atoms. The minimum Gasteiger partial charge on any atom is -0.496 e. The fourth-order valence-electron chi connectivity index (χ4n) is 1.71. The second kappa shape index (κ2) is 4.71. The van der Waals surface area contributed by atoms with Crippen LogP contribution in [-0.2, 0) is 6.42 Å². The van der Waals surface area contributed by atoms with Gasteiger partial charge in [0.1, 0.15) is 11.6 Å². The Hall–Kier alpha value is -2.28. The summed E-state index contributed by atoms with van der Waals surface area (Å²) in [6.07, 6.45) is 0.317. The third kappa shape index (κ3) is 2.13. The number of nitrogens with one attached hydrogen (secondary N) is 1. The molecule has 2 rings (SSSR count). The zero-order valence-electron chi connectivity index (χ0n) is 9.82. The standard InChI is InChI=1S/C13H13N3O/c1-9-11(7-8-14)16-13(15-9)10-5-3-4-6-12(10)17-2/h3-6H,7H2,1-2H3,(H,15,16). The van der Waals surface area contributed by atoms with Gasteiger partial charge in [0.05, 0.1) is 30.9 Å². The van der Waals surface area contributed by atoms with Gasteiger partial charge in [0, 0.05) is 5.69 Å². The van der Waals surface area contributed by atoms with Crippen molar-refractivity contribution in [2.75, 3.05) is 7.11 Å². The lowest BCUT2D eigenvalue weighted by atomic mass is 10.2. The number of nitriles is 1. The van der Waals surface area contributed by atoms with E-state index in [0.717, 1.165) is 28.5 Å². The quantitative estimate of drug-likeness (QED) is 0.876. The first-order chi connectivity index (χ1) is 8.26. The summed E-state index contributed by atoms with van der Waals surface area (Å²) in [5.41, 5.74) is 2.61. The summed E-state index contributed by atoms with van der Waals surface area (Å²) in [6.45, 7) is 1.92. The number of hydrogen-bond donors (Lipinski definition) is 1. The van der Waals surface area contributed by atoms with Gasteiger partial charge < -0.3 is 9.72 Å². The number of rotatable bonds is 3.